The Morgan fingerprint density at radius 2 is 2.00 bits per heavy atom. The van der Waals surface area contributed by atoms with Crippen LogP contribution in [0.1, 0.15) is 39.0 Å². The molecule has 2 aliphatic rings. The van der Waals surface area contributed by atoms with Gasteiger partial charge in [-0.15, -0.1) is 0 Å². The number of amides is 1. The Balaban J connectivity index is 1.91. The van der Waals surface area contributed by atoms with Gasteiger partial charge >= 0.3 is 0 Å². The predicted molar refractivity (Wildman–Crippen MR) is 61.4 cm³/mol. The van der Waals surface area contributed by atoms with Gasteiger partial charge in [-0.3, -0.25) is 4.79 Å². The maximum atomic E-state index is 12.2. The maximum Gasteiger partial charge on any atom is 0.226 e. The molecule has 0 saturated heterocycles. The van der Waals surface area contributed by atoms with Gasteiger partial charge in [-0.05, 0) is 31.6 Å². The molecule has 0 aromatic carbocycles. The van der Waals surface area contributed by atoms with Crippen LogP contribution in [0.3, 0.4) is 0 Å². The first-order valence-electron chi connectivity index (χ1n) is 6.30. The van der Waals surface area contributed by atoms with Crippen LogP contribution in [-0.4, -0.2) is 23.9 Å². The standard InChI is InChI=1S/C13H20N2O/c1-9(7-8-14)15(2)13(16)12-10-5-3-4-6-11(10)12/h9-12H,3-7H2,1-2H3. The van der Waals surface area contributed by atoms with Gasteiger partial charge in [0.1, 0.15) is 0 Å². The summed E-state index contributed by atoms with van der Waals surface area (Å²) in [6.07, 6.45) is 5.50. The van der Waals surface area contributed by atoms with Crippen LogP contribution in [0, 0.1) is 29.1 Å². The van der Waals surface area contributed by atoms with Crippen LogP contribution in [0.2, 0.25) is 0 Å². The quantitative estimate of drug-likeness (QED) is 0.731. The zero-order valence-corrected chi connectivity index (χ0v) is 10.1. The van der Waals surface area contributed by atoms with Crippen molar-refractivity contribution in [3.05, 3.63) is 0 Å². The molecule has 0 bridgehead atoms. The summed E-state index contributed by atoms with van der Waals surface area (Å²) in [4.78, 5) is 14.0. The first-order valence-corrected chi connectivity index (χ1v) is 6.30. The molecule has 2 rings (SSSR count). The van der Waals surface area contributed by atoms with Crippen molar-refractivity contribution in [1.29, 1.82) is 5.26 Å². The zero-order chi connectivity index (χ0) is 11.7. The van der Waals surface area contributed by atoms with Gasteiger partial charge in [0.25, 0.3) is 0 Å². The SMILES string of the molecule is CC(CC#N)N(C)C(=O)C1C2CCCCC21. The van der Waals surface area contributed by atoms with E-state index in [1.165, 1.54) is 25.7 Å². The second-order valence-electron chi connectivity index (χ2n) is 5.30. The number of carbonyl (C=O) groups is 1. The maximum absolute atomic E-state index is 12.2. The lowest BCUT2D eigenvalue weighted by molar-refractivity contribution is -0.133. The fraction of sp³-hybridized carbons (Fsp3) is 0.846. The van der Waals surface area contributed by atoms with Crippen molar-refractivity contribution < 1.29 is 4.79 Å². The van der Waals surface area contributed by atoms with Crippen molar-refractivity contribution in [2.75, 3.05) is 7.05 Å². The molecule has 0 aromatic rings. The first-order chi connectivity index (χ1) is 7.66. The van der Waals surface area contributed by atoms with Crippen LogP contribution in [0.5, 0.6) is 0 Å². The number of hydrogen-bond acceptors (Lipinski definition) is 2. The third-order valence-corrected chi connectivity index (χ3v) is 4.34. The highest BCUT2D eigenvalue weighted by atomic mass is 16.2. The van der Waals surface area contributed by atoms with Gasteiger partial charge in [-0.25, -0.2) is 0 Å². The molecule has 3 heteroatoms. The van der Waals surface area contributed by atoms with Gasteiger partial charge < -0.3 is 4.90 Å². The van der Waals surface area contributed by atoms with E-state index in [1.54, 1.807) is 4.90 Å². The lowest BCUT2D eigenvalue weighted by atomic mass is 10.0. The molecule has 0 radical (unpaired) electrons. The van der Waals surface area contributed by atoms with Gasteiger partial charge in [0, 0.05) is 19.0 Å². The minimum Gasteiger partial charge on any atom is -0.342 e. The molecule has 0 heterocycles. The molecule has 0 spiro atoms. The number of nitrogens with zero attached hydrogens (tertiary/aromatic N) is 2. The molecule has 3 unspecified atom stereocenters. The molecule has 1 amide bonds. The van der Waals surface area contributed by atoms with E-state index in [-0.39, 0.29) is 17.9 Å². The van der Waals surface area contributed by atoms with E-state index in [0.29, 0.717) is 18.3 Å². The number of nitriles is 1. The Labute approximate surface area is 97.4 Å². The Morgan fingerprint density at radius 3 is 2.50 bits per heavy atom. The number of fused-ring (bicyclic) bond motifs is 1. The normalized spacial score (nSPS) is 33.4. The fourth-order valence-corrected chi connectivity index (χ4v) is 3.08. The molecule has 0 aromatic heterocycles. The zero-order valence-electron chi connectivity index (χ0n) is 10.1. The Hall–Kier alpha value is -1.04. The smallest absolute Gasteiger partial charge is 0.226 e. The van der Waals surface area contributed by atoms with Crippen LogP contribution in [0.4, 0.5) is 0 Å². The van der Waals surface area contributed by atoms with E-state index in [9.17, 15) is 4.79 Å². The summed E-state index contributed by atoms with van der Waals surface area (Å²) in [6, 6.07) is 2.19. The van der Waals surface area contributed by atoms with E-state index in [2.05, 4.69) is 6.07 Å². The number of carbonyl (C=O) groups excluding carboxylic acids is 1. The van der Waals surface area contributed by atoms with Crippen molar-refractivity contribution >= 4 is 5.91 Å². The monoisotopic (exact) mass is 220 g/mol. The molecular formula is C13H20N2O. The molecule has 88 valence electrons. The van der Waals surface area contributed by atoms with Gasteiger partial charge in [0.2, 0.25) is 5.91 Å². The van der Waals surface area contributed by atoms with Crippen LogP contribution < -0.4 is 0 Å². The number of rotatable bonds is 3. The molecule has 0 N–H and O–H groups in total. The third-order valence-electron chi connectivity index (χ3n) is 4.34. The van der Waals surface area contributed by atoms with Crippen LogP contribution in [-0.2, 0) is 4.79 Å². The number of hydrogen-bond donors (Lipinski definition) is 0. The molecule has 0 aliphatic heterocycles. The fourth-order valence-electron chi connectivity index (χ4n) is 3.08. The summed E-state index contributed by atoms with van der Waals surface area (Å²) in [5.74, 6) is 1.89. The average Bonchev–Trinajstić information content (AvgIpc) is 3.01. The Bertz CT molecular complexity index is 308. The highest BCUT2D eigenvalue weighted by Gasteiger charge is 2.55. The van der Waals surface area contributed by atoms with Crippen molar-refractivity contribution in [3.8, 4) is 6.07 Å². The minimum absolute atomic E-state index is 0.0557. The lowest BCUT2D eigenvalue weighted by Crippen LogP contribution is -2.36. The van der Waals surface area contributed by atoms with Crippen LogP contribution in [0.15, 0.2) is 0 Å². The summed E-state index contributed by atoms with van der Waals surface area (Å²) in [5, 5.41) is 8.64. The van der Waals surface area contributed by atoms with Crippen molar-refractivity contribution in [1.82, 2.24) is 4.90 Å². The highest BCUT2D eigenvalue weighted by molar-refractivity contribution is 5.82. The molecule has 2 aliphatic carbocycles. The largest absolute Gasteiger partial charge is 0.342 e. The van der Waals surface area contributed by atoms with E-state index in [4.69, 9.17) is 5.26 Å². The summed E-state index contributed by atoms with van der Waals surface area (Å²) >= 11 is 0. The molecule has 2 fully saturated rings. The highest BCUT2D eigenvalue weighted by Crippen LogP contribution is 2.56. The van der Waals surface area contributed by atoms with Crippen molar-refractivity contribution in [3.63, 3.8) is 0 Å². The molecule has 2 saturated carbocycles. The van der Waals surface area contributed by atoms with Crippen molar-refractivity contribution in [2.24, 2.45) is 17.8 Å². The topological polar surface area (TPSA) is 44.1 Å². The summed E-state index contributed by atoms with van der Waals surface area (Å²) in [7, 11) is 1.84. The Kier molecular flexibility index (Phi) is 3.18. The van der Waals surface area contributed by atoms with Gasteiger partial charge in [-0.1, -0.05) is 12.8 Å². The van der Waals surface area contributed by atoms with E-state index in [1.807, 2.05) is 14.0 Å². The van der Waals surface area contributed by atoms with E-state index < -0.39 is 0 Å². The summed E-state index contributed by atoms with van der Waals surface area (Å²) in [5.41, 5.74) is 0. The molecule has 3 atom stereocenters. The van der Waals surface area contributed by atoms with E-state index in [0.717, 1.165) is 0 Å². The van der Waals surface area contributed by atoms with Crippen LogP contribution >= 0.6 is 0 Å². The third kappa shape index (κ3) is 1.93. The second-order valence-corrected chi connectivity index (χ2v) is 5.30. The van der Waals surface area contributed by atoms with E-state index >= 15 is 0 Å². The summed E-state index contributed by atoms with van der Waals surface area (Å²) in [6.45, 7) is 1.95. The van der Waals surface area contributed by atoms with Gasteiger partial charge in [-0.2, -0.15) is 5.26 Å². The van der Waals surface area contributed by atoms with Gasteiger partial charge in [0.15, 0.2) is 0 Å². The predicted octanol–water partition coefficient (Wildman–Crippen LogP) is 2.18. The van der Waals surface area contributed by atoms with Crippen molar-refractivity contribution in [2.45, 2.75) is 45.1 Å². The van der Waals surface area contributed by atoms with Crippen LogP contribution in [0.25, 0.3) is 0 Å². The molecular weight excluding hydrogens is 200 g/mol. The molecule has 3 nitrogen and oxygen atoms in total. The average molecular weight is 220 g/mol. The summed E-state index contributed by atoms with van der Waals surface area (Å²) < 4.78 is 0. The first kappa shape index (κ1) is 11.4. The second kappa shape index (κ2) is 4.45. The lowest BCUT2D eigenvalue weighted by Gasteiger charge is -2.23. The molecule has 16 heavy (non-hydrogen) atoms. The minimum atomic E-state index is 0.0557. The van der Waals surface area contributed by atoms with Gasteiger partial charge in [0.05, 0.1) is 12.5 Å². The Morgan fingerprint density at radius 1 is 1.44 bits per heavy atom.